The fourth-order valence-corrected chi connectivity index (χ4v) is 5.41. The van der Waals surface area contributed by atoms with E-state index in [0.717, 1.165) is 14.7 Å². The normalized spacial score (nSPS) is 11.8. The smallest absolute Gasteiger partial charge is 0.344 e. The number of carbonyl (C=O) groups is 1. The number of rotatable bonds is 7. The maximum atomic E-state index is 12.5. The minimum Gasteiger partial charge on any atom is -0.484 e. The van der Waals surface area contributed by atoms with E-state index in [-0.39, 0.29) is 6.61 Å². The van der Waals surface area contributed by atoms with Gasteiger partial charge in [0.2, 0.25) is 10.6 Å². The predicted octanol–water partition coefficient (Wildman–Crippen LogP) is 6.68. The number of ether oxygens (including phenoxy) is 3. The first-order valence-electron chi connectivity index (χ1n) is 11.0. The van der Waals surface area contributed by atoms with Crippen molar-refractivity contribution in [3.8, 4) is 11.5 Å². The summed E-state index contributed by atoms with van der Waals surface area (Å²) in [4.78, 5) is 15.7. The number of benzene rings is 3. The molecule has 0 radical (unpaired) electrons. The Hall–Kier alpha value is -2.92. The van der Waals surface area contributed by atoms with Crippen molar-refractivity contribution < 1.29 is 19.0 Å². The van der Waals surface area contributed by atoms with Crippen molar-refractivity contribution in [2.24, 2.45) is 0 Å². The average molecular weight is 466 g/mol. The molecule has 0 saturated heterocycles. The van der Waals surface area contributed by atoms with Crippen LogP contribution in [0.1, 0.15) is 41.5 Å². The first-order chi connectivity index (χ1) is 15.5. The molecule has 3 aromatic carbocycles. The second-order valence-electron chi connectivity index (χ2n) is 9.61. The molecule has 0 bridgehead atoms. The average Bonchev–Trinajstić information content (AvgIpc) is 2.73. The monoisotopic (exact) mass is 465 g/mol. The maximum absolute atomic E-state index is 12.5. The van der Waals surface area contributed by atoms with E-state index in [1.54, 1.807) is 0 Å². The van der Waals surface area contributed by atoms with Gasteiger partial charge in [0.15, 0.2) is 22.1 Å². The molecule has 0 unspecified atom stereocenters. The van der Waals surface area contributed by atoms with E-state index in [0.29, 0.717) is 11.5 Å². The van der Waals surface area contributed by atoms with Crippen molar-refractivity contribution in [2.45, 2.75) is 67.4 Å². The Kier molecular flexibility index (Phi) is 7.75. The minimum absolute atomic E-state index is 0.199. The molecule has 0 aliphatic heterocycles. The molecule has 0 fully saturated rings. The van der Waals surface area contributed by atoms with E-state index in [1.807, 2.05) is 96.1 Å². The van der Waals surface area contributed by atoms with E-state index in [9.17, 15) is 4.79 Å². The van der Waals surface area contributed by atoms with Crippen LogP contribution in [0.2, 0.25) is 0 Å². The first kappa shape index (κ1) is 24.7. The van der Waals surface area contributed by atoms with Crippen LogP contribution in [0.15, 0.2) is 93.5 Å². The van der Waals surface area contributed by atoms with E-state index in [2.05, 4.69) is 24.3 Å². The fourth-order valence-electron chi connectivity index (χ4n) is 3.21. The highest BCUT2D eigenvalue weighted by Gasteiger charge is 2.35. The quantitative estimate of drug-likeness (QED) is 0.288. The Balaban J connectivity index is 2.10. The van der Waals surface area contributed by atoms with Crippen molar-refractivity contribution >= 4 is 16.9 Å². The van der Waals surface area contributed by atoms with Crippen LogP contribution in [0, 0.1) is 0 Å². The number of hydrogen-bond acceptors (Lipinski definition) is 4. The molecule has 0 N–H and O–H groups in total. The lowest BCUT2D eigenvalue weighted by molar-refractivity contribution is -0.157. The van der Waals surface area contributed by atoms with Crippen LogP contribution in [-0.2, 0) is 20.4 Å². The molecule has 0 saturated carbocycles. The van der Waals surface area contributed by atoms with Crippen molar-refractivity contribution in [1.82, 2.24) is 0 Å². The molecule has 174 valence electrons. The van der Waals surface area contributed by atoms with Gasteiger partial charge < -0.3 is 14.2 Å². The minimum atomic E-state index is -0.580. The Morgan fingerprint density at radius 1 is 0.727 bits per heavy atom. The fraction of sp³-hybridized carbons (Fsp3) is 0.321. The third kappa shape index (κ3) is 7.29. The van der Waals surface area contributed by atoms with Gasteiger partial charge in [-0.1, -0.05) is 42.5 Å². The van der Waals surface area contributed by atoms with Crippen molar-refractivity contribution in [3.05, 3.63) is 78.9 Å². The number of hydrogen-bond donors (Lipinski definition) is 0. The van der Waals surface area contributed by atoms with Gasteiger partial charge in [-0.2, -0.15) is 0 Å². The van der Waals surface area contributed by atoms with Gasteiger partial charge >= 0.3 is 5.97 Å². The summed E-state index contributed by atoms with van der Waals surface area (Å²) in [6.45, 7) is 11.3. The zero-order valence-corrected chi connectivity index (χ0v) is 21.1. The Morgan fingerprint density at radius 2 is 1.27 bits per heavy atom. The van der Waals surface area contributed by atoms with Crippen LogP contribution in [0.4, 0.5) is 0 Å². The van der Waals surface area contributed by atoms with Crippen molar-refractivity contribution in [1.29, 1.82) is 0 Å². The summed E-state index contributed by atoms with van der Waals surface area (Å²) in [5.74, 6) is 0.751. The summed E-state index contributed by atoms with van der Waals surface area (Å²) < 4.78 is 17.9. The molecule has 0 aliphatic carbocycles. The Morgan fingerprint density at radius 3 is 1.76 bits per heavy atom. The lowest BCUT2D eigenvalue weighted by Gasteiger charge is -2.24. The Bertz CT molecular complexity index is 1010. The van der Waals surface area contributed by atoms with Gasteiger partial charge in [0.25, 0.3) is 0 Å². The molecule has 5 heteroatoms. The second-order valence-corrected chi connectivity index (χ2v) is 11.6. The molecule has 3 aromatic rings. The number of carbonyl (C=O) groups excluding carboxylic acids is 1. The number of para-hydroxylation sites is 1. The van der Waals surface area contributed by atoms with Crippen LogP contribution in [0.25, 0.3) is 0 Å². The van der Waals surface area contributed by atoms with Crippen LogP contribution in [0.5, 0.6) is 11.5 Å². The maximum Gasteiger partial charge on any atom is 0.344 e. The zero-order valence-electron chi connectivity index (χ0n) is 20.3. The standard InChI is InChI=1S/C28H33O4S/c1-27(2,3)31-23-18-13-19-24(26(23)30-20-25(29)32-28(4,5)6)33(21-14-9-7-10-15-21)22-16-11-8-12-17-22/h7-19H,20H2,1-6H3/q+1. The van der Waals surface area contributed by atoms with Gasteiger partial charge in [-0.05, 0) is 77.9 Å². The summed E-state index contributed by atoms with van der Waals surface area (Å²) >= 11 is 0. The summed E-state index contributed by atoms with van der Waals surface area (Å²) in [7, 11) is -0.456. The van der Waals surface area contributed by atoms with Gasteiger partial charge in [0, 0.05) is 0 Å². The number of esters is 1. The first-order valence-corrected chi connectivity index (χ1v) is 12.3. The van der Waals surface area contributed by atoms with Crippen molar-refractivity contribution in [3.63, 3.8) is 0 Å². The van der Waals surface area contributed by atoms with Crippen LogP contribution in [-0.4, -0.2) is 23.8 Å². The van der Waals surface area contributed by atoms with Crippen molar-refractivity contribution in [2.75, 3.05) is 6.61 Å². The van der Waals surface area contributed by atoms with E-state index in [4.69, 9.17) is 14.2 Å². The third-order valence-electron chi connectivity index (χ3n) is 4.29. The van der Waals surface area contributed by atoms with Crippen LogP contribution >= 0.6 is 0 Å². The summed E-state index contributed by atoms with van der Waals surface area (Å²) in [6.07, 6.45) is 0. The van der Waals surface area contributed by atoms with E-state index >= 15 is 0 Å². The van der Waals surface area contributed by atoms with Gasteiger partial charge in [0.1, 0.15) is 22.1 Å². The largest absolute Gasteiger partial charge is 0.484 e. The summed E-state index contributed by atoms with van der Waals surface area (Å²) in [5, 5.41) is 0. The molecule has 4 nitrogen and oxygen atoms in total. The van der Waals surface area contributed by atoms with E-state index in [1.165, 1.54) is 0 Å². The Labute approximate surface area is 200 Å². The molecule has 0 atom stereocenters. The SMILES string of the molecule is CC(C)(C)OC(=O)COc1c(OC(C)(C)C)cccc1[S+](c1ccccc1)c1ccccc1. The molecule has 3 rings (SSSR count). The second kappa shape index (κ2) is 10.3. The lowest BCUT2D eigenvalue weighted by atomic mass is 10.2. The lowest BCUT2D eigenvalue weighted by Crippen LogP contribution is -2.28. The molecule has 0 aromatic heterocycles. The summed E-state index contributed by atoms with van der Waals surface area (Å²) in [6, 6.07) is 26.5. The molecule has 0 amide bonds. The van der Waals surface area contributed by atoms with E-state index < -0.39 is 28.1 Å². The predicted molar refractivity (Wildman–Crippen MR) is 133 cm³/mol. The zero-order chi connectivity index (χ0) is 24.1. The molecule has 0 aliphatic rings. The molecular weight excluding hydrogens is 432 g/mol. The van der Waals surface area contributed by atoms with Crippen LogP contribution in [0.3, 0.4) is 0 Å². The highest BCUT2D eigenvalue weighted by Crippen LogP contribution is 2.42. The highest BCUT2D eigenvalue weighted by molar-refractivity contribution is 7.97. The van der Waals surface area contributed by atoms with Gasteiger partial charge in [-0.15, -0.1) is 0 Å². The van der Waals surface area contributed by atoms with Crippen LogP contribution < -0.4 is 9.47 Å². The molecule has 33 heavy (non-hydrogen) atoms. The van der Waals surface area contributed by atoms with Gasteiger partial charge in [-0.3, -0.25) is 0 Å². The van der Waals surface area contributed by atoms with Gasteiger partial charge in [-0.25, -0.2) is 4.79 Å². The van der Waals surface area contributed by atoms with Gasteiger partial charge in [0.05, 0.1) is 0 Å². The third-order valence-corrected chi connectivity index (χ3v) is 6.54. The molecular formula is C28H33O4S+. The molecule has 0 heterocycles. The topological polar surface area (TPSA) is 44.8 Å². The highest BCUT2D eigenvalue weighted by atomic mass is 32.2. The molecule has 0 spiro atoms. The summed E-state index contributed by atoms with van der Waals surface area (Å²) in [5.41, 5.74) is -1.01.